The topological polar surface area (TPSA) is 29.3 Å². The second-order valence-electron chi connectivity index (χ2n) is 5.44. The average Bonchev–Trinajstić information content (AvgIpc) is 3.10. The smallest absolute Gasteiger partial charge is 0.154 e. The van der Waals surface area contributed by atoms with Crippen LogP contribution in [0, 0.1) is 11.6 Å². The van der Waals surface area contributed by atoms with Gasteiger partial charge in [0, 0.05) is 24.2 Å². The van der Waals surface area contributed by atoms with Crippen molar-refractivity contribution in [1.82, 2.24) is 10.1 Å². The molecule has 2 heterocycles. The zero-order chi connectivity index (χ0) is 14.8. The first kappa shape index (κ1) is 14.2. The standard InChI is InChI=1S/C16H18F2N2O/c1-2-13-9-16(21-19-13)15-4-3-7-20(15)10-11-5-6-12(17)8-14(11)18/h5-6,8-9,15H,2-4,7,10H2,1H3/t15-/m1/s1. The summed E-state index contributed by atoms with van der Waals surface area (Å²) in [7, 11) is 0. The molecule has 3 rings (SSSR count). The third kappa shape index (κ3) is 2.97. The van der Waals surface area contributed by atoms with Gasteiger partial charge in [-0.05, 0) is 31.9 Å². The molecule has 112 valence electrons. The second-order valence-corrected chi connectivity index (χ2v) is 5.44. The molecule has 1 saturated heterocycles. The van der Waals surface area contributed by atoms with Crippen molar-refractivity contribution in [3.63, 3.8) is 0 Å². The van der Waals surface area contributed by atoms with E-state index in [0.717, 1.165) is 43.3 Å². The lowest BCUT2D eigenvalue weighted by Gasteiger charge is -2.22. The Morgan fingerprint density at radius 3 is 2.90 bits per heavy atom. The highest BCUT2D eigenvalue weighted by Crippen LogP contribution is 2.33. The third-order valence-electron chi connectivity index (χ3n) is 4.02. The Balaban J connectivity index is 1.77. The number of likely N-dealkylation sites (tertiary alicyclic amines) is 1. The summed E-state index contributed by atoms with van der Waals surface area (Å²) in [6.07, 6.45) is 2.85. The number of hydrogen-bond donors (Lipinski definition) is 0. The minimum Gasteiger partial charge on any atom is -0.359 e. The van der Waals surface area contributed by atoms with Crippen LogP contribution >= 0.6 is 0 Å². The van der Waals surface area contributed by atoms with Crippen LogP contribution in [0.3, 0.4) is 0 Å². The van der Waals surface area contributed by atoms with Crippen molar-refractivity contribution in [1.29, 1.82) is 0 Å². The number of benzene rings is 1. The normalized spacial score (nSPS) is 19.3. The number of halogens is 2. The summed E-state index contributed by atoms with van der Waals surface area (Å²) in [6, 6.07) is 5.85. The van der Waals surface area contributed by atoms with Crippen LogP contribution in [-0.4, -0.2) is 16.6 Å². The van der Waals surface area contributed by atoms with Crippen molar-refractivity contribution >= 4 is 0 Å². The van der Waals surface area contributed by atoms with E-state index in [1.807, 2.05) is 13.0 Å². The van der Waals surface area contributed by atoms with Gasteiger partial charge < -0.3 is 4.52 Å². The van der Waals surface area contributed by atoms with Gasteiger partial charge in [-0.1, -0.05) is 18.1 Å². The zero-order valence-corrected chi connectivity index (χ0v) is 12.0. The van der Waals surface area contributed by atoms with Crippen LogP contribution in [0.5, 0.6) is 0 Å². The van der Waals surface area contributed by atoms with Gasteiger partial charge in [0.05, 0.1) is 11.7 Å². The molecule has 0 N–H and O–H groups in total. The highest BCUT2D eigenvalue weighted by atomic mass is 19.1. The summed E-state index contributed by atoms with van der Waals surface area (Å²) >= 11 is 0. The molecular weight excluding hydrogens is 274 g/mol. The SMILES string of the molecule is CCc1cc([C@H]2CCCN2Cc2ccc(F)cc2F)on1. The summed E-state index contributed by atoms with van der Waals surface area (Å²) < 4.78 is 32.2. The molecule has 0 bridgehead atoms. The predicted octanol–water partition coefficient (Wildman–Crippen LogP) is 3.85. The van der Waals surface area contributed by atoms with Gasteiger partial charge in [0.25, 0.3) is 0 Å². The zero-order valence-electron chi connectivity index (χ0n) is 12.0. The minimum atomic E-state index is -0.544. The first-order valence-corrected chi connectivity index (χ1v) is 7.31. The van der Waals surface area contributed by atoms with Crippen LogP contribution in [0.15, 0.2) is 28.8 Å². The summed E-state index contributed by atoms with van der Waals surface area (Å²) in [4.78, 5) is 2.16. The summed E-state index contributed by atoms with van der Waals surface area (Å²) in [5, 5.41) is 4.02. The molecule has 5 heteroatoms. The van der Waals surface area contributed by atoms with Crippen molar-refractivity contribution in [3.05, 3.63) is 52.9 Å². The third-order valence-corrected chi connectivity index (χ3v) is 4.02. The van der Waals surface area contributed by atoms with E-state index in [9.17, 15) is 8.78 Å². The maximum Gasteiger partial charge on any atom is 0.154 e. The van der Waals surface area contributed by atoms with Gasteiger partial charge >= 0.3 is 0 Å². The first-order chi connectivity index (χ1) is 10.2. The van der Waals surface area contributed by atoms with E-state index in [-0.39, 0.29) is 6.04 Å². The molecule has 1 aliphatic rings. The lowest BCUT2D eigenvalue weighted by Crippen LogP contribution is -2.23. The average molecular weight is 292 g/mol. The molecule has 0 amide bonds. The molecule has 1 fully saturated rings. The number of nitrogens with zero attached hydrogens (tertiary/aromatic N) is 2. The van der Waals surface area contributed by atoms with Gasteiger partial charge in [0.1, 0.15) is 11.6 Å². The van der Waals surface area contributed by atoms with E-state index >= 15 is 0 Å². The Morgan fingerprint density at radius 2 is 2.19 bits per heavy atom. The van der Waals surface area contributed by atoms with Crippen LogP contribution < -0.4 is 0 Å². The van der Waals surface area contributed by atoms with Crippen LogP contribution in [0.1, 0.15) is 42.8 Å². The molecule has 1 aromatic heterocycles. The fourth-order valence-corrected chi connectivity index (χ4v) is 2.86. The Bertz CT molecular complexity index is 626. The summed E-state index contributed by atoms with van der Waals surface area (Å²) in [5.74, 6) is -0.198. The van der Waals surface area contributed by atoms with Gasteiger partial charge in [-0.2, -0.15) is 0 Å². The van der Waals surface area contributed by atoms with Crippen LogP contribution in [-0.2, 0) is 13.0 Å². The molecule has 0 unspecified atom stereocenters. The summed E-state index contributed by atoms with van der Waals surface area (Å²) in [6.45, 7) is 3.37. The van der Waals surface area contributed by atoms with Crippen molar-refractivity contribution in [2.45, 2.75) is 38.8 Å². The molecule has 3 nitrogen and oxygen atoms in total. The maximum atomic E-state index is 13.8. The van der Waals surface area contributed by atoms with Crippen molar-refractivity contribution in [2.24, 2.45) is 0 Å². The van der Waals surface area contributed by atoms with Gasteiger partial charge in [-0.25, -0.2) is 8.78 Å². The van der Waals surface area contributed by atoms with Gasteiger partial charge in [-0.15, -0.1) is 0 Å². The molecular formula is C16H18F2N2O. The molecule has 1 aromatic carbocycles. The van der Waals surface area contributed by atoms with Crippen LogP contribution in [0.4, 0.5) is 8.78 Å². The van der Waals surface area contributed by atoms with E-state index in [4.69, 9.17) is 4.52 Å². The summed E-state index contributed by atoms with van der Waals surface area (Å²) in [5.41, 5.74) is 1.45. The van der Waals surface area contributed by atoms with Crippen LogP contribution in [0.2, 0.25) is 0 Å². The van der Waals surface area contributed by atoms with Gasteiger partial charge in [0.15, 0.2) is 5.76 Å². The molecule has 0 spiro atoms. The van der Waals surface area contributed by atoms with E-state index < -0.39 is 11.6 Å². The number of rotatable bonds is 4. The molecule has 1 atom stereocenters. The van der Waals surface area contributed by atoms with E-state index in [2.05, 4.69) is 10.1 Å². The number of hydrogen-bond acceptors (Lipinski definition) is 3. The maximum absolute atomic E-state index is 13.8. The Hall–Kier alpha value is -1.75. The fourth-order valence-electron chi connectivity index (χ4n) is 2.86. The molecule has 0 saturated carbocycles. The fraction of sp³-hybridized carbons (Fsp3) is 0.438. The molecule has 0 aliphatic carbocycles. The van der Waals surface area contributed by atoms with Crippen LogP contribution in [0.25, 0.3) is 0 Å². The quantitative estimate of drug-likeness (QED) is 0.857. The predicted molar refractivity (Wildman–Crippen MR) is 74.6 cm³/mol. The Labute approximate surface area is 122 Å². The van der Waals surface area contributed by atoms with Crippen molar-refractivity contribution in [3.8, 4) is 0 Å². The minimum absolute atomic E-state index is 0.127. The molecule has 21 heavy (non-hydrogen) atoms. The number of aryl methyl sites for hydroxylation is 1. The van der Waals surface area contributed by atoms with Crippen molar-refractivity contribution in [2.75, 3.05) is 6.54 Å². The van der Waals surface area contributed by atoms with Gasteiger partial charge in [-0.3, -0.25) is 4.90 Å². The van der Waals surface area contributed by atoms with Crippen molar-refractivity contribution < 1.29 is 13.3 Å². The monoisotopic (exact) mass is 292 g/mol. The second kappa shape index (κ2) is 5.93. The lowest BCUT2D eigenvalue weighted by atomic mass is 10.1. The Morgan fingerprint density at radius 1 is 1.33 bits per heavy atom. The Kier molecular flexibility index (Phi) is 4.01. The number of aromatic nitrogens is 1. The van der Waals surface area contributed by atoms with E-state index in [1.165, 1.54) is 12.1 Å². The molecule has 0 radical (unpaired) electrons. The molecule has 1 aliphatic heterocycles. The largest absolute Gasteiger partial charge is 0.359 e. The van der Waals surface area contributed by atoms with E-state index in [0.29, 0.717) is 12.1 Å². The first-order valence-electron chi connectivity index (χ1n) is 7.31. The van der Waals surface area contributed by atoms with Gasteiger partial charge in [0.2, 0.25) is 0 Å². The highest BCUT2D eigenvalue weighted by Gasteiger charge is 2.29. The van der Waals surface area contributed by atoms with E-state index in [1.54, 1.807) is 0 Å². The highest BCUT2D eigenvalue weighted by molar-refractivity contribution is 5.19. The lowest BCUT2D eigenvalue weighted by molar-refractivity contribution is 0.204. The molecule has 2 aromatic rings.